The Morgan fingerprint density at radius 1 is 1.08 bits per heavy atom. The molecule has 0 radical (unpaired) electrons. The molecule has 0 aliphatic rings. The Kier molecular flexibility index (Phi) is 7.94. The number of amides is 1. The Bertz CT molecular complexity index is 1500. The lowest BCUT2D eigenvalue weighted by Crippen LogP contribution is -2.16. The summed E-state index contributed by atoms with van der Waals surface area (Å²) in [5.41, 5.74) is 1.97. The predicted octanol–water partition coefficient (Wildman–Crippen LogP) is 3.46. The number of anilines is 2. The number of nitrogens with one attached hydrogen (secondary N) is 2. The summed E-state index contributed by atoms with van der Waals surface area (Å²) in [7, 11) is -3.86. The molecule has 2 N–H and O–H groups in total. The van der Waals surface area contributed by atoms with Gasteiger partial charge in [0, 0.05) is 41.9 Å². The summed E-state index contributed by atoms with van der Waals surface area (Å²) in [6.45, 7) is 7.71. The van der Waals surface area contributed by atoms with Crippen LogP contribution in [-0.2, 0) is 21.4 Å². The molecule has 0 saturated heterocycles. The molecule has 13 heteroatoms. The molecule has 37 heavy (non-hydrogen) atoms. The third-order valence-electron chi connectivity index (χ3n) is 4.95. The number of benzene rings is 1. The molecule has 190 valence electrons. The summed E-state index contributed by atoms with van der Waals surface area (Å²) in [6, 6.07) is 11.1. The molecule has 0 aliphatic carbocycles. The minimum Gasteiger partial charge on any atom is -0.325 e. The fraction of sp³-hybridized carbons (Fsp3) is 0.167. The Hall–Kier alpha value is -4.10. The van der Waals surface area contributed by atoms with Crippen LogP contribution in [0.1, 0.15) is 11.5 Å². The molecule has 0 fully saturated rings. The van der Waals surface area contributed by atoms with Crippen molar-refractivity contribution in [1.29, 1.82) is 0 Å². The van der Waals surface area contributed by atoms with E-state index in [9.17, 15) is 13.2 Å². The number of carbonyl (C=O) groups is 1. The van der Waals surface area contributed by atoms with Gasteiger partial charge in [0.25, 0.3) is 10.0 Å². The monoisotopic (exact) mass is 536 g/mol. The third kappa shape index (κ3) is 6.57. The number of pyridine rings is 1. The molecule has 11 nitrogen and oxygen atoms in total. The van der Waals surface area contributed by atoms with Crippen molar-refractivity contribution < 1.29 is 13.2 Å². The van der Waals surface area contributed by atoms with E-state index in [1.165, 1.54) is 36.0 Å². The molecular formula is C24H24N8O3S2. The van der Waals surface area contributed by atoms with Crippen molar-refractivity contribution in [2.75, 3.05) is 15.8 Å². The van der Waals surface area contributed by atoms with Gasteiger partial charge in [0.15, 0.2) is 11.0 Å². The molecule has 0 aliphatic heterocycles. The van der Waals surface area contributed by atoms with Crippen molar-refractivity contribution in [2.45, 2.75) is 30.4 Å². The number of aryl methyl sites for hydroxylation is 2. The number of rotatable bonds is 10. The number of hydrogen-bond acceptors (Lipinski definition) is 9. The van der Waals surface area contributed by atoms with Crippen LogP contribution in [0.4, 0.5) is 11.5 Å². The topological polar surface area (TPSA) is 145 Å². The van der Waals surface area contributed by atoms with Gasteiger partial charge < -0.3 is 5.32 Å². The fourth-order valence-corrected chi connectivity index (χ4v) is 5.15. The highest BCUT2D eigenvalue weighted by molar-refractivity contribution is 7.99. The van der Waals surface area contributed by atoms with Gasteiger partial charge in [-0.25, -0.2) is 18.4 Å². The lowest BCUT2D eigenvalue weighted by molar-refractivity contribution is -0.113. The molecule has 3 heterocycles. The van der Waals surface area contributed by atoms with Crippen molar-refractivity contribution in [3.05, 3.63) is 79.0 Å². The second kappa shape index (κ2) is 11.3. The highest BCUT2D eigenvalue weighted by atomic mass is 32.2. The van der Waals surface area contributed by atoms with E-state index in [0.29, 0.717) is 34.7 Å². The van der Waals surface area contributed by atoms with Crippen LogP contribution in [0.3, 0.4) is 0 Å². The van der Waals surface area contributed by atoms with Gasteiger partial charge in [0.2, 0.25) is 5.91 Å². The minimum absolute atomic E-state index is 0.0370. The average Bonchev–Trinajstić information content (AvgIpc) is 3.25. The number of sulfonamides is 1. The number of allylic oxidation sites excluding steroid dienone is 1. The van der Waals surface area contributed by atoms with E-state index in [0.717, 1.165) is 5.56 Å². The lowest BCUT2D eigenvalue weighted by atomic mass is 10.2. The van der Waals surface area contributed by atoms with Crippen LogP contribution in [-0.4, -0.2) is 49.8 Å². The highest BCUT2D eigenvalue weighted by Gasteiger charge is 2.17. The first-order valence-corrected chi connectivity index (χ1v) is 13.5. The van der Waals surface area contributed by atoms with Crippen LogP contribution in [0.25, 0.3) is 11.4 Å². The maximum absolute atomic E-state index is 12.7. The number of thioether (sulfide) groups is 1. The Balaban J connectivity index is 1.39. The Morgan fingerprint density at radius 2 is 1.81 bits per heavy atom. The van der Waals surface area contributed by atoms with Gasteiger partial charge in [-0.05, 0) is 50.2 Å². The second-order valence-electron chi connectivity index (χ2n) is 7.85. The van der Waals surface area contributed by atoms with Crippen molar-refractivity contribution in [3.8, 4) is 11.4 Å². The average molecular weight is 537 g/mol. The molecule has 0 bridgehead atoms. The number of nitrogens with zero attached hydrogens (tertiary/aromatic N) is 6. The largest absolute Gasteiger partial charge is 0.325 e. The molecule has 3 aromatic heterocycles. The fourth-order valence-electron chi connectivity index (χ4n) is 3.41. The van der Waals surface area contributed by atoms with E-state index in [-0.39, 0.29) is 22.4 Å². The van der Waals surface area contributed by atoms with Gasteiger partial charge in [-0.2, -0.15) is 0 Å². The summed E-state index contributed by atoms with van der Waals surface area (Å²) in [4.78, 5) is 24.9. The molecule has 0 atom stereocenters. The maximum atomic E-state index is 12.7. The zero-order valence-electron chi connectivity index (χ0n) is 20.1. The standard InChI is InChI=1S/C24H24N8O3S2/c1-4-13-32-23(18-9-11-25-12-10-18)29-30-24(32)36-15-22(33)28-19-5-7-20(8-6-19)37(34,35)31-21-14-16(2)26-17(3)27-21/h4-12,14H,1,13,15H2,2-3H3,(H,28,33)(H,26,27,31). The Labute approximate surface area is 218 Å². The van der Waals surface area contributed by atoms with Gasteiger partial charge >= 0.3 is 0 Å². The zero-order chi connectivity index (χ0) is 26.4. The van der Waals surface area contributed by atoms with E-state index in [2.05, 4.69) is 41.8 Å². The number of hydrogen-bond donors (Lipinski definition) is 2. The molecule has 0 spiro atoms. The molecule has 0 saturated carbocycles. The van der Waals surface area contributed by atoms with Crippen LogP contribution >= 0.6 is 11.8 Å². The molecule has 1 amide bonds. The number of aromatic nitrogens is 6. The molecule has 4 aromatic rings. The van der Waals surface area contributed by atoms with Gasteiger partial charge in [-0.15, -0.1) is 16.8 Å². The van der Waals surface area contributed by atoms with Crippen molar-refractivity contribution in [3.63, 3.8) is 0 Å². The van der Waals surface area contributed by atoms with Gasteiger partial charge in [0.1, 0.15) is 11.6 Å². The van der Waals surface area contributed by atoms with Gasteiger partial charge in [0.05, 0.1) is 10.6 Å². The summed E-state index contributed by atoms with van der Waals surface area (Å²) in [6.07, 6.45) is 5.08. The van der Waals surface area contributed by atoms with E-state index < -0.39 is 10.0 Å². The first-order valence-electron chi connectivity index (χ1n) is 11.1. The maximum Gasteiger partial charge on any atom is 0.263 e. The minimum atomic E-state index is -3.86. The van der Waals surface area contributed by atoms with Crippen molar-refractivity contribution >= 4 is 39.2 Å². The SMILES string of the molecule is C=CCn1c(SCC(=O)Nc2ccc(S(=O)(=O)Nc3cc(C)nc(C)n3)cc2)nnc1-c1ccncc1. The summed E-state index contributed by atoms with van der Waals surface area (Å²) in [5, 5.41) is 11.8. The molecule has 4 rings (SSSR count). The predicted molar refractivity (Wildman–Crippen MR) is 142 cm³/mol. The highest BCUT2D eigenvalue weighted by Crippen LogP contribution is 2.24. The number of carbonyl (C=O) groups excluding carboxylic acids is 1. The van der Waals surface area contributed by atoms with Crippen LogP contribution in [0.15, 0.2) is 77.6 Å². The van der Waals surface area contributed by atoms with E-state index in [1.807, 2.05) is 16.7 Å². The van der Waals surface area contributed by atoms with E-state index in [1.54, 1.807) is 38.4 Å². The zero-order valence-corrected chi connectivity index (χ0v) is 21.8. The van der Waals surface area contributed by atoms with Crippen LogP contribution in [0.5, 0.6) is 0 Å². The van der Waals surface area contributed by atoms with Crippen molar-refractivity contribution in [1.82, 2.24) is 29.7 Å². The second-order valence-corrected chi connectivity index (χ2v) is 10.5. The molecular weight excluding hydrogens is 512 g/mol. The van der Waals surface area contributed by atoms with E-state index >= 15 is 0 Å². The third-order valence-corrected chi connectivity index (χ3v) is 7.29. The normalized spacial score (nSPS) is 11.2. The van der Waals surface area contributed by atoms with Gasteiger partial charge in [-0.3, -0.25) is 19.1 Å². The summed E-state index contributed by atoms with van der Waals surface area (Å²) >= 11 is 1.24. The van der Waals surface area contributed by atoms with Crippen LogP contribution in [0, 0.1) is 13.8 Å². The van der Waals surface area contributed by atoms with Gasteiger partial charge in [-0.1, -0.05) is 17.8 Å². The molecule has 0 unspecified atom stereocenters. The first kappa shape index (κ1) is 26.0. The Morgan fingerprint density at radius 3 is 2.49 bits per heavy atom. The first-order chi connectivity index (χ1) is 17.7. The lowest BCUT2D eigenvalue weighted by Gasteiger charge is -2.10. The summed E-state index contributed by atoms with van der Waals surface area (Å²) in [5.74, 6) is 1.12. The van der Waals surface area contributed by atoms with Crippen LogP contribution in [0.2, 0.25) is 0 Å². The van der Waals surface area contributed by atoms with E-state index in [4.69, 9.17) is 0 Å². The quantitative estimate of drug-likeness (QED) is 0.230. The summed E-state index contributed by atoms with van der Waals surface area (Å²) < 4.78 is 29.8. The molecule has 1 aromatic carbocycles. The van der Waals surface area contributed by atoms with Crippen molar-refractivity contribution in [2.24, 2.45) is 0 Å². The smallest absolute Gasteiger partial charge is 0.263 e. The van der Waals surface area contributed by atoms with Crippen LogP contribution < -0.4 is 10.0 Å².